The number of hydrogen-bond donors (Lipinski definition) is 3. The monoisotopic (exact) mass is 394 g/mol. The molecule has 1 fully saturated rings. The third-order valence-corrected chi connectivity index (χ3v) is 5.42. The zero-order chi connectivity index (χ0) is 20.7. The lowest BCUT2D eigenvalue weighted by Gasteiger charge is -2.37. The first-order chi connectivity index (χ1) is 14.0. The molecule has 0 spiro atoms. The minimum absolute atomic E-state index is 0.185. The first-order valence-electron chi connectivity index (χ1n) is 9.95. The number of nitrogens with one attached hydrogen (secondary N) is 2. The normalized spacial score (nSPS) is 16.4. The summed E-state index contributed by atoms with van der Waals surface area (Å²) in [5.74, 6) is -1.84. The number of carboxylic acids is 1. The smallest absolute Gasteiger partial charge is 0.326 e. The fourth-order valence-corrected chi connectivity index (χ4v) is 3.79. The van der Waals surface area contributed by atoms with Crippen molar-refractivity contribution in [3.63, 3.8) is 0 Å². The van der Waals surface area contributed by atoms with E-state index >= 15 is 0 Å². The highest BCUT2D eigenvalue weighted by atomic mass is 16.4. The summed E-state index contributed by atoms with van der Waals surface area (Å²) in [6, 6.07) is 16.9. The molecule has 2 aromatic rings. The van der Waals surface area contributed by atoms with Crippen molar-refractivity contribution in [3.8, 4) is 0 Å². The van der Waals surface area contributed by atoms with Crippen molar-refractivity contribution in [1.82, 2.24) is 10.6 Å². The van der Waals surface area contributed by atoms with Crippen LogP contribution < -0.4 is 10.6 Å². The minimum atomic E-state index is -1.09. The first-order valence-corrected chi connectivity index (χ1v) is 9.95. The maximum atomic E-state index is 13.2. The number of amides is 2. The molecule has 0 aliphatic heterocycles. The van der Waals surface area contributed by atoms with Crippen LogP contribution in [0, 0.1) is 0 Å². The third-order valence-electron chi connectivity index (χ3n) is 5.42. The molecule has 0 saturated heterocycles. The lowest BCUT2D eigenvalue weighted by molar-refractivity contribution is -0.143. The number of hydrogen-bond acceptors (Lipinski definition) is 3. The Bertz CT molecular complexity index is 846. The Balaban J connectivity index is 1.77. The van der Waals surface area contributed by atoms with E-state index in [0.717, 1.165) is 24.8 Å². The van der Waals surface area contributed by atoms with Crippen LogP contribution in [0.2, 0.25) is 0 Å². The largest absolute Gasteiger partial charge is 0.480 e. The van der Waals surface area contributed by atoms with Gasteiger partial charge in [0, 0.05) is 12.0 Å². The van der Waals surface area contributed by atoms with Gasteiger partial charge in [0.15, 0.2) is 0 Å². The number of benzene rings is 2. The van der Waals surface area contributed by atoms with E-state index in [9.17, 15) is 19.5 Å². The van der Waals surface area contributed by atoms with E-state index < -0.39 is 23.5 Å². The molecule has 0 radical (unpaired) electrons. The van der Waals surface area contributed by atoms with Gasteiger partial charge in [-0.15, -0.1) is 0 Å². The summed E-state index contributed by atoms with van der Waals surface area (Å²) in [6.07, 6.45) is 3.77. The van der Waals surface area contributed by atoms with Crippen molar-refractivity contribution in [2.75, 3.05) is 0 Å². The van der Waals surface area contributed by atoms with Gasteiger partial charge in [-0.25, -0.2) is 4.79 Å². The fourth-order valence-electron chi connectivity index (χ4n) is 3.79. The third kappa shape index (κ3) is 5.22. The molecule has 152 valence electrons. The van der Waals surface area contributed by atoms with Crippen LogP contribution in [0.5, 0.6) is 0 Å². The summed E-state index contributed by atoms with van der Waals surface area (Å²) in [5, 5.41) is 15.2. The Morgan fingerprint density at radius 3 is 2.07 bits per heavy atom. The Morgan fingerprint density at radius 2 is 1.48 bits per heavy atom. The molecule has 0 heterocycles. The molecule has 2 amide bonds. The maximum Gasteiger partial charge on any atom is 0.326 e. The number of rotatable bonds is 7. The van der Waals surface area contributed by atoms with Gasteiger partial charge in [-0.1, -0.05) is 67.8 Å². The van der Waals surface area contributed by atoms with Gasteiger partial charge in [0.05, 0.1) is 0 Å². The highest BCUT2D eigenvalue weighted by Gasteiger charge is 2.42. The molecule has 0 aromatic heterocycles. The molecule has 3 N–H and O–H groups in total. The standard InChI is InChI=1S/C23H26N2O4/c26-20(18-12-6-2-7-13-18)25-23(14-8-3-9-15-23)22(29)24-19(21(27)28)16-17-10-4-1-5-11-17/h1-2,4-7,10-13,19H,3,8-9,14-16H2,(H,24,29)(H,25,26)(H,27,28)/t19-/m0/s1. The van der Waals surface area contributed by atoms with E-state index in [1.807, 2.05) is 36.4 Å². The minimum Gasteiger partial charge on any atom is -0.480 e. The van der Waals surface area contributed by atoms with E-state index in [1.54, 1.807) is 24.3 Å². The Hall–Kier alpha value is -3.15. The van der Waals surface area contributed by atoms with Crippen molar-refractivity contribution < 1.29 is 19.5 Å². The quantitative estimate of drug-likeness (QED) is 0.673. The Morgan fingerprint density at radius 1 is 0.897 bits per heavy atom. The van der Waals surface area contributed by atoms with Gasteiger partial charge < -0.3 is 15.7 Å². The van der Waals surface area contributed by atoms with E-state index in [1.165, 1.54) is 0 Å². The van der Waals surface area contributed by atoms with Crippen molar-refractivity contribution in [2.45, 2.75) is 50.1 Å². The summed E-state index contributed by atoms with van der Waals surface area (Å²) in [7, 11) is 0. The van der Waals surface area contributed by atoms with Gasteiger partial charge in [-0.3, -0.25) is 9.59 Å². The van der Waals surface area contributed by atoms with Gasteiger partial charge in [0.2, 0.25) is 5.91 Å². The summed E-state index contributed by atoms with van der Waals surface area (Å²) < 4.78 is 0. The van der Waals surface area contributed by atoms with Crippen LogP contribution in [0.15, 0.2) is 60.7 Å². The Labute approximate surface area is 170 Å². The molecular formula is C23H26N2O4. The van der Waals surface area contributed by atoms with Gasteiger partial charge >= 0.3 is 5.97 Å². The van der Waals surface area contributed by atoms with Gasteiger partial charge in [-0.2, -0.15) is 0 Å². The van der Waals surface area contributed by atoms with E-state index in [2.05, 4.69) is 10.6 Å². The highest BCUT2D eigenvalue weighted by molar-refractivity contribution is 6.00. The summed E-state index contributed by atoms with van der Waals surface area (Å²) in [5.41, 5.74) is 0.214. The molecule has 2 aromatic carbocycles. The summed E-state index contributed by atoms with van der Waals surface area (Å²) in [6.45, 7) is 0. The van der Waals surface area contributed by atoms with E-state index in [-0.39, 0.29) is 12.3 Å². The molecule has 6 heteroatoms. The first kappa shape index (κ1) is 20.6. The molecule has 29 heavy (non-hydrogen) atoms. The van der Waals surface area contributed by atoms with Crippen molar-refractivity contribution in [2.24, 2.45) is 0 Å². The van der Waals surface area contributed by atoms with Gasteiger partial charge in [0.25, 0.3) is 5.91 Å². The molecule has 1 aliphatic carbocycles. The van der Waals surface area contributed by atoms with Crippen LogP contribution in [-0.2, 0) is 16.0 Å². The van der Waals surface area contributed by atoms with Crippen LogP contribution in [-0.4, -0.2) is 34.5 Å². The SMILES string of the molecule is O=C(NC1(C(=O)N[C@@H](Cc2ccccc2)C(=O)O)CCCCC1)c1ccccc1. The number of carboxylic acid groups (broad SMARTS) is 1. The molecule has 6 nitrogen and oxygen atoms in total. The summed E-state index contributed by atoms with van der Waals surface area (Å²) >= 11 is 0. The second-order valence-electron chi connectivity index (χ2n) is 7.52. The lowest BCUT2D eigenvalue weighted by Crippen LogP contribution is -2.62. The summed E-state index contributed by atoms with van der Waals surface area (Å²) in [4.78, 5) is 37.7. The number of carbonyl (C=O) groups is 3. The predicted molar refractivity (Wildman–Crippen MR) is 109 cm³/mol. The molecular weight excluding hydrogens is 368 g/mol. The van der Waals surface area contributed by atoms with Crippen LogP contribution in [0.3, 0.4) is 0 Å². The average molecular weight is 394 g/mol. The van der Waals surface area contributed by atoms with Crippen LogP contribution in [0.25, 0.3) is 0 Å². The zero-order valence-corrected chi connectivity index (χ0v) is 16.3. The van der Waals surface area contributed by atoms with Crippen LogP contribution in [0.1, 0.15) is 48.0 Å². The lowest BCUT2D eigenvalue weighted by atomic mass is 9.80. The zero-order valence-electron chi connectivity index (χ0n) is 16.3. The topological polar surface area (TPSA) is 95.5 Å². The van der Waals surface area contributed by atoms with Crippen LogP contribution in [0.4, 0.5) is 0 Å². The van der Waals surface area contributed by atoms with Gasteiger partial charge in [-0.05, 0) is 30.5 Å². The van der Waals surface area contributed by atoms with Crippen molar-refractivity contribution in [3.05, 3.63) is 71.8 Å². The van der Waals surface area contributed by atoms with Crippen molar-refractivity contribution >= 4 is 17.8 Å². The average Bonchev–Trinajstić information content (AvgIpc) is 2.75. The number of carbonyl (C=O) groups excluding carboxylic acids is 2. The molecule has 1 atom stereocenters. The predicted octanol–water partition coefficient (Wildman–Crippen LogP) is 2.93. The molecule has 0 unspecified atom stereocenters. The fraction of sp³-hybridized carbons (Fsp3) is 0.348. The van der Waals surface area contributed by atoms with Crippen LogP contribution >= 0.6 is 0 Å². The second-order valence-corrected chi connectivity index (χ2v) is 7.52. The molecule has 1 aliphatic rings. The second kappa shape index (κ2) is 9.37. The number of aliphatic carboxylic acids is 1. The molecule has 0 bridgehead atoms. The highest BCUT2D eigenvalue weighted by Crippen LogP contribution is 2.29. The molecule has 1 saturated carbocycles. The maximum absolute atomic E-state index is 13.2. The van der Waals surface area contributed by atoms with E-state index in [0.29, 0.717) is 18.4 Å². The van der Waals surface area contributed by atoms with E-state index in [4.69, 9.17) is 0 Å². The molecule has 3 rings (SSSR count). The Kier molecular flexibility index (Phi) is 6.65. The van der Waals surface area contributed by atoms with Crippen molar-refractivity contribution in [1.29, 1.82) is 0 Å². The van der Waals surface area contributed by atoms with Gasteiger partial charge in [0.1, 0.15) is 11.6 Å².